The van der Waals surface area contributed by atoms with Crippen molar-refractivity contribution in [3.63, 3.8) is 0 Å². The van der Waals surface area contributed by atoms with Crippen LogP contribution in [0.1, 0.15) is 30.5 Å². The highest BCUT2D eigenvalue weighted by Gasteiger charge is 2.18. The Morgan fingerprint density at radius 2 is 1.50 bits per heavy atom. The second-order valence-corrected chi connectivity index (χ2v) is 7.05. The predicted octanol–water partition coefficient (Wildman–Crippen LogP) is 6.16. The monoisotopic (exact) mass is 342 g/mol. The van der Waals surface area contributed by atoms with Crippen molar-refractivity contribution in [2.75, 3.05) is 23.3 Å². The van der Waals surface area contributed by atoms with Crippen LogP contribution in [-0.2, 0) is 6.42 Å². The minimum absolute atomic E-state index is 1.03. The largest absolute Gasteiger partial charge is 0.372 e. The standard InChI is InChI=1S/C24H26N2/c1-4-26(5-2)22-11-9-20(10-12-22)25-21-8-7-18-15-19-14-17(3)6-13-23(19)24(18)16-21/h6-14,16,25H,4-5,15H2,1-3H3. The smallest absolute Gasteiger partial charge is 0.0390 e. The molecule has 132 valence electrons. The number of rotatable bonds is 5. The van der Waals surface area contributed by atoms with Crippen LogP contribution in [-0.4, -0.2) is 13.1 Å². The third kappa shape index (κ3) is 3.08. The fourth-order valence-electron chi connectivity index (χ4n) is 3.91. The minimum atomic E-state index is 1.03. The maximum atomic E-state index is 3.56. The Morgan fingerprint density at radius 3 is 2.23 bits per heavy atom. The normalized spacial score (nSPS) is 11.8. The molecule has 26 heavy (non-hydrogen) atoms. The van der Waals surface area contributed by atoms with Crippen molar-refractivity contribution < 1.29 is 0 Å². The molecule has 0 spiro atoms. The van der Waals surface area contributed by atoms with E-state index in [1.807, 2.05) is 0 Å². The summed E-state index contributed by atoms with van der Waals surface area (Å²) in [5, 5.41) is 3.56. The Balaban J connectivity index is 1.57. The minimum Gasteiger partial charge on any atom is -0.372 e. The number of benzene rings is 3. The predicted molar refractivity (Wildman–Crippen MR) is 113 cm³/mol. The van der Waals surface area contributed by atoms with E-state index < -0.39 is 0 Å². The Kier molecular flexibility index (Phi) is 4.42. The summed E-state index contributed by atoms with van der Waals surface area (Å²) in [6.45, 7) is 8.62. The number of aryl methyl sites for hydroxylation is 1. The van der Waals surface area contributed by atoms with Gasteiger partial charge in [-0.3, -0.25) is 0 Å². The highest BCUT2D eigenvalue weighted by molar-refractivity contribution is 5.80. The lowest BCUT2D eigenvalue weighted by atomic mass is 10.0. The molecular weight excluding hydrogens is 316 g/mol. The summed E-state index contributed by atoms with van der Waals surface area (Å²) < 4.78 is 0. The lowest BCUT2D eigenvalue weighted by Gasteiger charge is -2.21. The zero-order chi connectivity index (χ0) is 18.1. The summed E-state index contributed by atoms with van der Waals surface area (Å²) in [6, 6.07) is 22.2. The first-order valence-corrected chi connectivity index (χ1v) is 9.52. The van der Waals surface area contributed by atoms with E-state index >= 15 is 0 Å². The molecule has 0 bridgehead atoms. The highest BCUT2D eigenvalue weighted by atomic mass is 15.1. The molecular formula is C24H26N2. The Labute approximate surface area is 156 Å². The molecule has 0 saturated heterocycles. The summed E-state index contributed by atoms with van der Waals surface area (Å²) in [6.07, 6.45) is 1.05. The molecule has 0 heterocycles. The van der Waals surface area contributed by atoms with Crippen LogP contribution in [0.5, 0.6) is 0 Å². The number of nitrogens with one attached hydrogen (secondary N) is 1. The van der Waals surface area contributed by atoms with Gasteiger partial charge < -0.3 is 10.2 Å². The Morgan fingerprint density at radius 1 is 0.769 bits per heavy atom. The van der Waals surface area contributed by atoms with E-state index in [9.17, 15) is 0 Å². The van der Waals surface area contributed by atoms with Gasteiger partial charge in [0.15, 0.2) is 0 Å². The van der Waals surface area contributed by atoms with Crippen LogP contribution in [0.25, 0.3) is 11.1 Å². The van der Waals surface area contributed by atoms with E-state index in [2.05, 4.69) is 91.7 Å². The zero-order valence-corrected chi connectivity index (χ0v) is 15.8. The third-order valence-corrected chi connectivity index (χ3v) is 5.33. The molecule has 3 aromatic carbocycles. The lowest BCUT2D eigenvalue weighted by Crippen LogP contribution is -2.21. The van der Waals surface area contributed by atoms with Crippen molar-refractivity contribution in [2.45, 2.75) is 27.2 Å². The molecule has 3 aromatic rings. The molecule has 0 unspecified atom stereocenters. The Hall–Kier alpha value is -2.74. The van der Waals surface area contributed by atoms with Crippen molar-refractivity contribution in [3.05, 3.63) is 77.4 Å². The number of anilines is 3. The molecule has 1 N–H and O–H groups in total. The van der Waals surface area contributed by atoms with Crippen LogP contribution in [0.3, 0.4) is 0 Å². The van der Waals surface area contributed by atoms with Crippen molar-refractivity contribution in [1.29, 1.82) is 0 Å². The molecule has 1 aliphatic carbocycles. The molecule has 0 radical (unpaired) electrons. The van der Waals surface area contributed by atoms with E-state index in [1.54, 1.807) is 0 Å². The van der Waals surface area contributed by atoms with Gasteiger partial charge in [0.05, 0.1) is 0 Å². The summed E-state index contributed by atoms with van der Waals surface area (Å²) in [5.74, 6) is 0. The van der Waals surface area contributed by atoms with Crippen molar-refractivity contribution in [2.24, 2.45) is 0 Å². The van der Waals surface area contributed by atoms with Gasteiger partial charge in [0.25, 0.3) is 0 Å². The number of hydrogen-bond acceptors (Lipinski definition) is 2. The SMILES string of the molecule is CCN(CC)c1ccc(Nc2ccc3c(c2)-c2ccc(C)cc2C3)cc1. The van der Waals surface area contributed by atoms with E-state index in [0.717, 1.165) is 30.9 Å². The van der Waals surface area contributed by atoms with E-state index in [4.69, 9.17) is 0 Å². The molecule has 2 heteroatoms. The summed E-state index contributed by atoms with van der Waals surface area (Å²) >= 11 is 0. The molecule has 4 rings (SSSR count). The third-order valence-electron chi connectivity index (χ3n) is 5.33. The maximum Gasteiger partial charge on any atom is 0.0390 e. The molecule has 0 saturated carbocycles. The van der Waals surface area contributed by atoms with Gasteiger partial charge in [-0.2, -0.15) is 0 Å². The molecule has 1 aliphatic rings. The highest BCUT2D eigenvalue weighted by Crippen LogP contribution is 2.39. The van der Waals surface area contributed by atoms with Crippen molar-refractivity contribution in [3.8, 4) is 11.1 Å². The van der Waals surface area contributed by atoms with Gasteiger partial charge in [0.2, 0.25) is 0 Å². The van der Waals surface area contributed by atoms with Gasteiger partial charge in [0, 0.05) is 30.2 Å². The average Bonchev–Trinajstić information content (AvgIpc) is 3.01. The molecule has 2 nitrogen and oxygen atoms in total. The van der Waals surface area contributed by atoms with Gasteiger partial charge in [-0.05, 0) is 85.8 Å². The first kappa shape index (κ1) is 16.7. The van der Waals surface area contributed by atoms with Crippen molar-refractivity contribution in [1.82, 2.24) is 0 Å². The molecule has 0 fully saturated rings. The van der Waals surface area contributed by atoms with Gasteiger partial charge in [0.1, 0.15) is 0 Å². The second kappa shape index (κ2) is 6.87. The van der Waals surface area contributed by atoms with Crippen LogP contribution in [0, 0.1) is 6.92 Å². The fourth-order valence-corrected chi connectivity index (χ4v) is 3.91. The van der Waals surface area contributed by atoms with Crippen molar-refractivity contribution >= 4 is 17.1 Å². The maximum absolute atomic E-state index is 3.56. The fraction of sp³-hybridized carbons (Fsp3) is 0.250. The van der Waals surface area contributed by atoms with Crippen LogP contribution < -0.4 is 10.2 Å². The molecule has 0 aromatic heterocycles. The average molecular weight is 342 g/mol. The second-order valence-electron chi connectivity index (χ2n) is 7.05. The summed E-state index contributed by atoms with van der Waals surface area (Å²) in [7, 11) is 0. The number of hydrogen-bond donors (Lipinski definition) is 1. The lowest BCUT2D eigenvalue weighted by molar-refractivity contribution is 0.866. The van der Waals surface area contributed by atoms with E-state index in [0.29, 0.717) is 0 Å². The van der Waals surface area contributed by atoms with Gasteiger partial charge in [-0.15, -0.1) is 0 Å². The van der Waals surface area contributed by atoms with Gasteiger partial charge in [-0.1, -0.05) is 29.8 Å². The molecule has 0 aliphatic heterocycles. The topological polar surface area (TPSA) is 15.3 Å². The van der Waals surface area contributed by atoms with E-state index in [-0.39, 0.29) is 0 Å². The van der Waals surface area contributed by atoms with Crippen LogP contribution in [0.15, 0.2) is 60.7 Å². The van der Waals surface area contributed by atoms with Gasteiger partial charge >= 0.3 is 0 Å². The van der Waals surface area contributed by atoms with Crippen LogP contribution >= 0.6 is 0 Å². The van der Waals surface area contributed by atoms with Gasteiger partial charge in [-0.25, -0.2) is 0 Å². The first-order valence-electron chi connectivity index (χ1n) is 9.52. The number of nitrogens with zero attached hydrogens (tertiary/aromatic N) is 1. The summed E-state index contributed by atoms with van der Waals surface area (Å²) in [4.78, 5) is 2.36. The zero-order valence-electron chi connectivity index (χ0n) is 15.8. The van der Waals surface area contributed by atoms with E-state index in [1.165, 1.54) is 33.5 Å². The molecule has 0 atom stereocenters. The summed E-state index contributed by atoms with van der Waals surface area (Å²) in [5.41, 5.74) is 10.5. The molecule has 0 amide bonds. The quantitative estimate of drug-likeness (QED) is 0.467. The van der Waals surface area contributed by atoms with Crippen LogP contribution in [0.4, 0.5) is 17.1 Å². The Bertz CT molecular complexity index is 921. The number of fused-ring (bicyclic) bond motifs is 3. The first-order chi connectivity index (χ1) is 12.7. The van der Waals surface area contributed by atoms with Crippen LogP contribution in [0.2, 0.25) is 0 Å².